The van der Waals surface area contributed by atoms with Gasteiger partial charge in [-0.3, -0.25) is 0 Å². The fourth-order valence-corrected chi connectivity index (χ4v) is 2.20. The predicted molar refractivity (Wildman–Crippen MR) is 63.4 cm³/mol. The van der Waals surface area contributed by atoms with Crippen molar-refractivity contribution in [1.29, 1.82) is 0 Å². The van der Waals surface area contributed by atoms with E-state index >= 15 is 0 Å². The minimum atomic E-state index is 0.362. The summed E-state index contributed by atoms with van der Waals surface area (Å²) in [5.74, 6) is 1.69. The molecule has 0 heterocycles. The van der Waals surface area contributed by atoms with Crippen LogP contribution in [0.4, 0.5) is 0 Å². The molecular formula is C13H28O. The van der Waals surface area contributed by atoms with Gasteiger partial charge in [0.25, 0.3) is 0 Å². The van der Waals surface area contributed by atoms with Crippen molar-refractivity contribution in [3.8, 4) is 0 Å². The first kappa shape index (κ1) is 14.0. The fraction of sp³-hybridized carbons (Fsp3) is 1.00. The van der Waals surface area contributed by atoms with Crippen LogP contribution in [0, 0.1) is 11.8 Å². The maximum atomic E-state index is 8.84. The fourth-order valence-electron chi connectivity index (χ4n) is 2.20. The molecule has 0 fully saturated rings. The molecule has 0 aliphatic heterocycles. The van der Waals surface area contributed by atoms with Crippen molar-refractivity contribution in [2.24, 2.45) is 11.8 Å². The average Bonchev–Trinajstić information content (AvgIpc) is 2.20. The summed E-state index contributed by atoms with van der Waals surface area (Å²) in [5, 5.41) is 8.84. The zero-order valence-electron chi connectivity index (χ0n) is 10.3. The summed E-state index contributed by atoms with van der Waals surface area (Å²) in [4.78, 5) is 0. The van der Waals surface area contributed by atoms with Gasteiger partial charge in [0, 0.05) is 6.61 Å². The molecule has 0 aromatic carbocycles. The van der Waals surface area contributed by atoms with Crippen LogP contribution in [-0.4, -0.2) is 11.7 Å². The first-order chi connectivity index (χ1) is 6.76. The molecule has 0 saturated heterocycles. The van der Waals surface area contributed by atoms with Gasteiger partial charge in [-0.2, -0.15) is 0 Å². The third-order valence-electron chi connectivity index (χ3n) is 3.21. The lowest BCUT2D eigenvalue weighted by Gasteiger charge is -2.23. The summed E-state index contributed by atoms with van der Waals surface area (Å²) in [6.07, 6.45) is 8.87. The number of aliphatic hydroxyl groups is 1. The largest absolute Gasteiger partial charge is 0.396 e. The Balaban J connectivity index is 3.77. The molecule has 0 aliphatic rings. The first-order valence-electron chi connectivity index (χ1n) is 6.37. The highest BCUT2D eigenvalue weighted by Gasteiger charge is 2.15. The molecule has 0 aliphatic carbocycles. The minimum Gasteiger partial charge on any atom is -0.396 e. The van der Waals surface area contributed by atoms with Crippen molar-refractivity contribution in [3.05, 3.63) is 0 Å². The molecule has 0 aromatic rings. The van der Waals surface area contributed by atoms with Gasteiger partial charge in [-0.15, -0.1) is 0 Å². The van der Waals surface area contributed by atoms with Gasteiger partial charge in [0.2, 0.25) is 0 Å². The smallest absolute Gasteiger partial charge is 0.0431 e. The van der Waals surface area contributed by atoms with E-state index in [9.17, 15) is 0 Å². The predicted octanol–water partition coefficient (Wildman–Crippen LogP) is 4.00. The molecule has 14 heavy (non-hydrogen) atoms. The number of hydrogen-bond donors (Lipinski definition) is 1. The van der Waals surface area contributed by atoms with Crippen LogP contribution in [0.3, 0.4) is 0 Å². The van der Waals surface area contributed by atoms with E-state index in [0.29, 0.717) is 6.61 Å². The van der Waals surface area contributed by atoms with Crippen LogP contribution in [0.15, 0.2) is 0 Å². The average molecular weight is 200 g/mol. The maximum absolute atomic E-state index is 8.84. The second-order valence-electron chi connectivity index (χ2n) is 4.53. The monoisotopic (exact) mass is 200 g/mol. The second-order valence-corrected chi connectivity index (χ2v) is 4.53. The van der Waals surface area contributed by atoms with E-state index < -0.39 is 0 Å². The van der Waals surface area contributed by atoms with Gasteiger partial charge in [-0.25, -0.2) is 0 Å². The lowest BCUT2D eigenvalue weighted by molar-refractivity contribution is 0.235. The molecular weight excluding hydrogens is 172 g/mol. The van der Waals surface area contributed by atoms with Crippen molar-refractivity contribution in [3.63, 3.8) is 0 Å². The Kier molecular flexibility index (Phi) is 9.49. The molecule has 2 unspecified atom stereocenters. The van der Waals surface area contributed by atoms with E-state index in [4.69, 9.17) is 5.11 Å². The van der Waals surface area contributed by atoms with Gasteiger partial charge in [-0.05, 0) is 24.7 Å². The Morgan fingerprint density at radius 3 is 2.14 bits per heavy atom. The van der Waals surface area contributed by atoms with Crippen LogP contribution < -0.4 is 0 Å². The summed E-state index contributed by atoms with van der Waals surface area (Å²) in [5.41, 5.74) is 0. The standard InChI is InChI=1S/C13H28O/c1-4-6-9-12(3)13(8-5-2)10-7-11-14/h12-14H,4-11H2,1-3H3. The third-order valence-corrected chi connectivity index (χ3v) is 3.21. The topological polar surface area (TPSA) is 20.2 Å². The van der Waals surface area contributed by atoms with Crippen LogP contribution in [0.2, 0.25) is 0 Å². The Morgan fingerprint density at radius 2 is 1.64 bits per heavy atom. The number of hydrogen-bond acceptors (Lipinski definition) is 1. The zero-order chi connectivity index (χ0) is 10.8. The summed E-state index contributed by atoms with van der Waals surface area (Å²) in [6, 6.07) is 0. The molecule has 2 atom stereocenters. The van der Waals surface area contributed by atoms with Crippen LogP contribution in [0.1, 0.15) is 65.7 Å². The van der Waals surface area contributed by atoms with Gasteiger partial charge in [0.05, 0.1) is 0 Å². The molecule has 0 spiro atoms. The van der Waals surface area contributed by atoms with Crippen molar-refractivity contribution in [2.45, 2.75) is 65.7 Å². The summed E-state index contributed by atoms with van der Waals surface area (Å²) >= 11 is 0. The molecule has 0 rings (SSSR count). The highest BCUT2D eigenvalue weighted by atomic mass is 16.2. The molecule has 0 bridgehead atoms. The minimum absolute atomic E-state index is 0.362. The molecule has 1 N–H and O–H groups in total. The van der Waals surface area contributed by atoms with E-state index in [1.165, 1.54) is 38.5 Å². The highest BCUT2D eigenvalue weighted by molar-refractivity contribution is 4.66. The normalized spacial score (nSPS) is 15.4. The van der Waals surface area contributed by atoms with E-state index in [1.54, 1.807) is 0 Å². The van der Waals surface area contributed by atoms with Gasteiger partial charge in [0.1, 0.15) is 0 Å². The van der Waals surface area contributed by atoms with Gasteiger partial charge >= 0.3 is 0 Å². The third kappa shape index (κ3) is 6.42. The van der Waals surface area contributed by atoms with Crippen molar-refractivity contribution in [1.82, 2.24) is 0 Å². The molecule has 0 saturated carbocycles. The van der Waals surface area contributed by atoms with E-state index in [-0.39, 0.29) is 0 Å². The first-order valence-corrected chi connectivity index (χ1v) is 6.37. The molecule has 1 nitrogen and oxygen atoms in total. The van der Waals surface area contributed by atoms with Crippen LogP contribution >= 0.6 is 0 Å². The van der Waals surface area contributed by atoms with Crippen molar-refractivity contribution >= 4 is 0 Å². The van der Waals surface area contributed by atoms with E-state index in [2.05, 4.69) is 20.8 Å². The molecule has 1 heteroatoms. The number of aliphatic hydroxyl groups excluding tert-OH is 1. The maximum Gasteiger partial charge on any atom is 0.0431 e. The van der Waals surface area contributed by atoms with Gasteiger partial charge in [-0.1, -0.05) is 52.9 Å². The molecule has 0 amide bonds. The molecule has 0 radical (unpaired) electrons. The lowest BCUT2D eigenvalue weighted by Crippen LogP contribution is -2.12. The number of rotatable bonds is 9. The molecule has 0 aromatic heterocycles. The Labute approximate surface area is 89.9 Å². The highest BCUT2D eigenvalue weighted by Crippen LogP contribution is 2.26. The van der Waals surface area contributed by atoms with Gasteiger partial charge in [0.15, 0.2) is 0 Å². The number of unbranched alkanes of at least 4 members (excludes halogenated alkanes) is 1. The summed E-state index contributed by atoms with van der Waals surface area (Å²) < 4.78 is 0. The van der Waals surface area contributed by atoms with Crippen LogP contribution in [0.25, 0.3) is 0 Å². The van der Waals surface area contributed by atoms with E-state index in [0.717, 1.165) is 18.3 Å². The Hall–Kier alpha value is -0.0400. The Bertz CT molecular complexity index is 112. The zero-order valence-corrected chi connectivity index (χ0v) is 10.3. The van der Waals surface area contributed by atoms with Crippen LogP contribution in [-0.2, 0) is 0 Å². The van der Waals surface area contributed by atoms with Crippen molar-refractivity contribution < 1.29 is 5.11 Å². The summed E-state index contributed by atoms with van der Waals surface area (Å²) in [6.45, 7) is 7.27. The SMILES string of the molecule is CCCCC(C)C(CCC)CCCO. The van der Waals surface area contributed by atoms with Crippen LogP contribution in [0.5, 0.6) is 0 Å². The summed E-state index contributed by atoms with van der Waals surface area (Å²) in [7, 11) is 0. The Morgan fingerprint density at radius 1 is 0.929 bits per heavy atom. The van der Waals surface area contributed by atoms with E-state index in [1.807, 2.05) is 0 Å². The molecule has 86 valence electrons. The van der Waals surface area contributed by atoms with Crippen molar-refractivity contribution in [2.75, 3.05) is 6.61 Å². The quantitative estimate of drug-likeness (QED) is 0.596. The second kappa shape index (κ2) is 9.51. The lowest BCUT2D eigenvalue weighted by atomic mass is 9.83. The van der Waals surface area contributed by atoms with Gasteiger partial charge < -0.3 is 5.11 Å².